The number of hydrogen-bond acceptors (Lipinski definition) is 3. The molecule has 0 fully saturated rings. The Labute approximate surface area is 129 Å². The van der Waals surface area contributed by atoms with Gasteiger partial charge in [-0.05, 0) is 49.4 Å². The molecular formula is C16H28N2O2S. The molecule has 1 unspecified atom stereocenters. The van der Waals surface area contributed by atoms with Gasteiger partial charge < -0.3 is 5.73 Å². The van der Waals surface area contributed by atoms with Gasteiger partial charge in [-0.15, -0.1) is 0 Å². The van der Waals surface area contributed by atoms with Crippen LogP contribution >= 0.6 is 0 Å². The summed E-state index contributed by atoms with van der Waals surface area (Å²) in [5.74, 6) is 0.314. The Kier molecular flexibility index (Phi) is 7.93. The lowest BCUT2D eigenvalue weighted by molar-refractivity contribution is 0.443. The van der Waals surface area contributed by atoms with Gasteiger partial charge in [0.15, 0.2) is 0 Å². The van der Waals surface area contributed by atoms with Crippen LogP contribution in [0.1, 0.15) is 45.1 Å². The first kappa shape index (κ1) is 18.1. The third-order valence-corrected chi connectivity index (χ3v) is 5.05. The minimum Gasteiger partial charge on any atom is -0.330 e. The predicted octanol–water partition coefficient (Wildman–Crippen LogP) is 2.68. The molecule has 0 aliphatic rings. The van der Waals surface area contributed by atoms with E-state index < -0.39 is 10.0 Å². The summed E-state index contributed by atoms with van der Waals surface area (Å²) in [5, 5.41) is 0. The van der Waals surface area contributed by atoms with Crippen molar-refractivity contribution in [1.29, 1.82) is 0 Å². The van der Waals surface area contributed by atoms with E-state index in [1.165, 1.54) is 5.56 Å². The molecule has 0 aliphatic carbocycles. The average molecular weight is 312 g/mol. The van der Waals surface area contributed by atoms with Crippen LogP contribution in [0.25, 0.3) is 0 Å². The van der Waals surface area contributed by atoms with Gasteiger partial charge in [-0.2, -0.15) is 0 Å². The number of nitrogens with one attached hydrogen (secondary N) is 1. The van der Waals surface area contributed by atoms with Crippen molar-refractivity contribution in [2.75, 3.05) is 13.1 Å². The number of sulfonamides is 1. The zero-order valence-corrected chi connectivity index (χ0v) is 14.0. The van der Waals surface area contributed by atoms with E-state index in [-0.39, 0.29) is 0 Å². The van der Waals surface area contributed by atoms with Gasteiger partial charge in [0.2, 0.25) is 10.0 Å². The third-order valence-electron chi connectivity index (χ3n) is 3.61. The van der Waals surface area contributed by atoms with Gasteiger partial charge in [0.1, 0.15) is 0 Å². The van der Waals surface area contributed by atoms with Crippen molar-refractivity contribution in [3.63, 3.8) is 0 Å². The molecule has 3 N–H and O–H groups in total. The van der Waals surface area contributed by atoms with Crippen LogP contribution in [0.15, 0.2) is 29.2 Å². The summed E-state index contributed by atoms with van der Waals surface area (Å²) in [6.45, 7) is 5.27. The maximum Gasteiger partial charge on any atom is 0.240 e. The highest BCUT2D eigenvalue weighted by molar-refractivity contribution is 7.89. The van der Waals surface area contributed by atoms with Crippen molar-refractivity contribution in [1.82, 2.24) is 4.72 Å². The lowest BCUT2D eigenvalue weighted by Gasteiger charge is -2.16. The van der Waals surface area contributed by atoms with Crippen molar-refractivity contribution in [2.45, 2.75) is 50.8 Å². The lowest BCUT2D eigenvalue weighted by Crippen LogP contribution is -2.30. The van der Waals surface area contributed by atoms with Crippen molar-refractivity contribution < 1.29 is 8.42 Å². The van der Waals surface area contributed by atoms with E-state index in [2.05, 4.69) is 18.6 Å². The van der Waals surface area contributed by atoms with Crippen LogP contribution in [0, 0.1) is 5.92 Å². The fourth-order valence-electron chi connectivity index (χ4n) is 2.43. The minimum atomic E-state index is -3.41. The molecule has 0 aromatic heterocycles. The normalized spacial score (nSPS) is 13.3. The van der Waals surface area contributed by atoms with Gasteiger partial charge in [-0.3, -0.25) is 0 Å². The molecule has 1 aromatic carbocycles. The molecule has 0 saturated carbocycles. The van der Waals surface area contributed by atoms with E-state index in [0.717, 1.165) is 32.1 Å². The van der Waals surface area contributed by atoms with Gasteiger partial charge in [0, 0.05) is 6.54 Å². The fraction of sp³-hybridized carbons (Fsp3) is 0.625. The Balaban J connectivity index is 2.67. The molecule has 1 aromatic rings. The monoisotopic (exact) mass is 312 g/mol. The van der Waals surface area contributed by atoms with Crippen LogP contribution in [0.4, 0.5) is 0 Å². The Morgan fingerprint density at radius 3 is 2.29 bits per heavy atom. The SMILES string of the molecule is CCCc1ccc(S(=O)(=O)NCC(CCC)CCN)cc1. The molecule has 21 heavy (non-hydrogen) atoms. The molecule has 1 rings (SSSR count). The lowest BCUT2D eigenvalue weighted by atomic mass is 10.0. The maximum atomic E-state index is 12.3. The summed E-state index contributed by atoms with van der Waals surface area (Å²) in [4.78, 5) is 0.338. The third kappa shape index (κ3) is 6.16. The Bertz CT molecular complexity index is 492. The highest BCUT2D eigenvalue weighted by Crippen LogP contribution is 2.14. The van der Waals surface area contributed by atoms with Crippen LogP contribution in [-0.2, 0) is 16.4 Å². The molecular weight excluding hydrogens is 284 g/mol. The van der Waals surface area contributed by atoms with E-state index >= 15 is 0 Å². The van der Waals surface area contributed by atoms with Crippen LogP contribution in [0.5, 0.6) is 0 Å². The summed E-state index contributed by atoms with van der Waals surface area (Å²) in [5.41, 5.74) is 6.75. The molecule has 120 valence electrons. The summed E-state index contributed by atoms with van der Waals surface area (Å²) in [6, 6.07) is 7.15. The fourth-order valence-corrected chi connectivity index (χ4v) is 3.54. The topological polar surface area (TPSA) is 72.2 Å². The zero-order chi connectivity index (χ0) is 15.7. The first-order chi connectivity index (χ1) is 10.0. The highest BCUT2D eigenvalue weighted by Gasteiger charge is 2.16. The zero-order valence-electron chi connectivity index (χ0n) is 13.1. The van der Waals surface area contributed by atoms with Gasteiger partial charge >= 0.3 is 0 Å². The predicted molar refractivity (Wildman–Crippen MR) is 87.7 cm³/mol. The van der Waals surface area contributed by atoms with Gasteiger partial charge in [-0.25, -0.2) is 13.1 Å². The molecule has 0 spiro atoms. The molecule has 5 heteroatoms. The minimum absolute atomic E-state index is 0.314. The summed E-state index contributed by atoms with van der Waals surface area (Å²) in [7, 11) is -3.41. The Morgan fingerprint density at radius 2 is 1.76 bits per heavy atom. The van der Waals surface area contributed by atoms with Gasteiger partial charge in [0.05, 0.1) is 4.90 Å². The van der Waals surface area contributed by atoms with Crippen LogP contribution in [0.2, 0.25) is 0 Å². The Hall–Kier alpha value is -0.910. The molecule has 0 radical (unpaired) electrons. The second-order valence-electron chi connectivity index (χ2n) is 5.48. The smallest absolute Gasteiger partial charge is 0.240 e. The van der Waals surface area contributed by atoms with Crippen LogP contribution in [0.3, 0.4) is 0 Å². The van der Waals surface area contributed by atoms with E-state index in [9.17, 15) is 8.42 Å². The van der Waals surface area contributed by atoms with Crippen molar-refractivity contribution in [3.05, 3.63) is 29.8 Å². The molecule has 1 atom stereocenters. The van der Waals surface area contributed by atoms with E-state index in [1.807, 2.05) is 12.1 Å². The van der Waals surface area contributed by atoms with E-state index in [1.54, 1.807) is 12.1 Å². The Morgan fingerprint density at radius 1 is 1.10 bits per heavy atom. The first-order valence-corrected chi connectivity index (χ1v) is 9.30. The van der Waals surface area contributed by atoms with Crippen LogP contribution in [-0.4, -0.2) is 21.5 Å². The number of nitrogens with two attached hydrogens (primary N) is 1. The second kappa shape index (κ2) is 9.18. The summed E-state index contributed by atoms with van der Waals surface area (Å²) < 4.78 is 27.3. The largest absolute Gasteiger partial charge is 0.330 e. The quantitative estimate of drug-likeness (QED) is 0.697. The van der Waals surface area contributed by atoms with E-state index in [0.29, 0.717) is 23.9 Å². The molecule has 0 aliphatic heterocycles. The molecule has 0 heterocycles. The number of hydrogen-bond donors (Lipinski definition) is 2. The highest BCUT2D eigenvalue weighted by atomic mass is 32.2. The van der Waals surface area contributed by atoms with Crippen molar-refractivity contribution in [2.24, 2.45) is 11.7 Å². The van der Waals surface area contributed by atoms with Gasteiger partial charge in [-0.1, -0.05) is 38.8 Å². The second-order valence-corrected chi connectivity index (χ2v) is 7.24. The number of aryl methyl sites for hydroxylation is 1. The first-order valence-electron chi connectivity index (χ1n) is 7.82. The van der Waals surface area contributed by atoms with Crippen LogP contribution < -0.4 is 10.5 Å². The van der Waals surface area contributed by atoms with Gasteiger partial charge in [0.25, 0.3) is 0 Å². The van der Waals surface area contributed by atoms with Crippen molar-refractivity contribution >= 4 is 10.0 Å². The van der Waals surface area contributed by atoms with Crippen molar-refractivity contribution in [3.8, 4) is 0 Å². The molecule has 0 bridgehead atoms. The van der Waals surface area contributed by atoms with E-state index in [4.69, 9.17) is 5.73 Å². The maximum absolute atomic E-state index is 12.3. The number of benzene rings is 1. The molecule has 0 saturated heterocycles. The standard InChI is InChI=1S/C16H28N2O2S/c1-3-5-14-7-9-16(10-8-14)21(19,20)18-13-15(6-4-2)11-12-17/h7-10,15,18H,3-6,11-13,17H2,1-2H3. The average Bonchev–Trinajstić information content (AvgIpc) is 2.46. The molecule has 4 nitrogen and oxygen atoms in total. The summed E-state index contributed by atoms with van der Waals surface area (Å²) in [6.07, 6.45) is 4.92. The number of rotatable bonds is 10. The molecule has 0 amide bonds. The summed E-state index contributed by atoms with van der Waals surface area (Å²) >= 11 is 0.